The van der Waals surface area contributed by atoms with Gasteiger partial charge in [-0.3, -0.25) is 19.3 Å². The number of rotatable bonds is 4. The van der Waals surface area contributed by atoms with Gasteiger partial charge in [-0.1, -0.05) is 43.2 Å². The Morgan fingerprint density at radius 3 is 2.42 bits per heavy atom. The maximum atomic E-state index is 12.4. The first-order chi connectivity index (χ1) is 12.6. The summed E-state index contributed by atoms with van der Waals surface area (Å²) in [6.07, 6.45) is 3.45. The van der Waals surface area contributed by atoms with Gasteiger partial charge in [0.05, 0.1) is 17.5 Å². The molecule has 4 rings (SSSR count). The average Bonchev–Trinajstić information content (AvgIpc) is 3.22. The van der Waals surface area contributed by atoms with Crippen molar-refractivity contribution in [3.63, 3.8) is 0 Å². The number of carbonyl (C=O) groups excluding carboxylic acids is 3. The van der Waals surface area contributed by atoms with Gasteiger partial charge < -0.3 is 5.32 Å². The number of hydrogen-bond acceptors (Lipinski definition) is 5. The fourth-order valence-corrected chi connectivity index (χ4v) is 4.50. The molecule has 7 heteroatoms. The highest BCUT2D eigenvalue weighted by atomic mass is 32.1. The molecule has 2 fully saturated rings. The number of fused-ring (bicyclic) bond motifs is 1. The lowest BCUT2D eigenvalue weighted by Crippen LogP contribution is -2.38. The van der Waals surface area contributed by atoms with Crippen LogP contribution in [0.5, 0.6) is 0 Å². The number of thiazole rings is 1. The molecule has 134 valence electrons. The number of carbonyl (C=O) groups is 3. The normalized spacial score (nSPS) is 22.4. The summed E-state index contributed by atoms with van der Waals surface area (Å²) in [5.74, 6) is -1.24. The van der Waals surface area contributed by atoms with Gasteiger partial charge in [0, 0.05) is 10.9 Å². The molecule has 1 saturated carbocycles. The van der Waals surface area contributed by atoms with Crippen LogP contribution in [0.3, 0.4) is 0 Å². The van der Waals surface area contributed by atoms with Crippen molar-refractivity contribution in [2.45, 2.75) is 25.7 Å². The summed E-state index contributed by atoms with van der Waals surface area (Å²) in [5.41, 5.74) is 1.75. The first-order valence-corrected chi connectivity index (χ1v) is 9.67. The number of aromatic nitrogens is 1. The van der Waals surface area contributed by atoms with Crippen molar-refractivity contribution in [3.05, 3.63) is 35.7 Å². The number of anilines is 1. The molecule has 2 atom stereocenters. The zero-order valence-corrected chi connectivity index (χ0v) is 15.0. The van der Waals surface area contributed by atoms with Crippen LogP contribution in [-0.2, 0) is 14.4 Å². The maximum absolute atomic E-state index is 12.4. The fraction of sp³-hybridized carbons (Fsp3) is 0.368. The topological polar surface area (TPSA) is 79.4 Å². The molecule has 3 amide bonds. The monoisotopic (exact) mass is 369 g/mol. The van der Waals surface area contributed by atoms with Gasteiger partial charge in [0.15, 0.2) is 5.13 Å². The van der Waals surface area contributed by atoms with Crippen LogP contribution >= 0.6 is 11.3 Å². The van der Waals surface area contributed by atoms with Gasteiger partial charge in [0.2, 0.25) is 17.7 Å². The van der Waals surface area contributed by atoms with E-state index in [1.54, 1.807) is 0 Å². The summed E-state index contributed by atoms with van der Waals surface area (Å²) in [6.45, 7) is -0.231. The Morgan fingerprint density at radius 1 is 1.12 bits per heavy atom. The molecule has 6 nitrogen and oxygen atoms in total. The van der Waals surface area contributed by atoms with Crippen molar-refractivity contribution in [2.24, 2.45) is 11.8 Å². The third kappa shape index (κ3) is 3.14. The number of imide groups is 1. The summed E-state index contributed by atoms with van der Waals surface area (Å²) in [4.78, 5) is 42.7. The molecule has 1 aliphatic carbocycles. The van der Waals surface area contributed by atoms with Gasteiger partial charge in [0.1, 0.15) is 6.54 Å². The maximum Gasteiger partial charge on any atom is 0.246 e. The third-order valence-corrected chi connectivity index (χ3v) is 5.81. The smallest absolute Gasteiger partial charge is 0.246 e. The van der Waals surface area contributed by atoms with E-state index in [0.717, 1.165) is 41.8 Å². The van der Waals surface area contributed by atoms with E-state index in [4.69, 9.17) is 0 Å². The van der Waals surface area contributed by atoms with Crippen molar-refractivity contribution >= 4 is 34.2 Å². The highest BCUT2D eigenvalue weighted by Crippen LogP contribution is 2.37. The highest BCUT2D eigenvalue weighted by molar-refractivity contribution is 7.14. The average molecular weight is 369 g/mol. The van der Waals surface area contributed by atoms with Crippen LogP contribution in [0.1, 0.15) is 25.7 Å². The van der Waals surface area contributed by atoms with Crippen LogP contribution < -0.4 is 5.32 Å². The predicted molar refractivity (Wildman–Crippen MR) is 98.3 cm³/mol. The first-order valence-electron chi connectivity index (χ1n) is 8.79. The Morgan fingerprint density at radius 2 is 1.77 bits per heavy atom. The highest BCUT2D eigenvalue weighted by Gasteiger charge is 2.48. The summed E-state index contributed by atoms with van der Waals surface area (Å²) < 4.78 is 0. The third-order valence-electron chi connectivity index (χ3n) is 5.05. The lowest BCUT2D eigenvalue weighted by Gasteiger charge is -2.19. The predicted octanol–water partition coefficient (Wildman–Crippen LogP) is 2.92. The lowest BCUT2D eigenvalue weighted by molar-refractivity contribution is -0.142. The second kappa shape index (κ2) is 6.99. The minimum Gasteiger partial charge on any atom is -0.300 e. The number of amides is 3. The quantitative estimate of drug-likeness (QED) is 0.841. The number of benzene rings is 1. The SMILES string of the molecule is O=C(CN1C(=O)C2CCCCC2C1=O)Nc1nc(-c2ccccc2)cs1. The first kappa shape index (κ1) is 16.9. The van der Waals surface area contributed by atoms with Crippen LogP contribution in [-0.4, -0.2) is 34.2 Å². The lowest BCUT2D eigenvalue weighted by atomic mass is 9.81. The van der Waals surface area contributed by atoms with Gasteiger partial charge in [-0.2, -0.15) is 0 Å². The van der Waals surface area contributed by atoms with E-state index < -0.39 is 0 Å². The van der Waals surface area contributed by atoms with E-state index in [-0.39, 0.29) is 36.1 Å². The molecule has 2 unspecified atom stereocenters. The molecule has 2 aromatic rings. The van der Waals surface area contributed by atoms with Crippen molar-refractivity contribution in [1.82, 2.24) is 9.88 Å². The van der Waals surface area contributed by atoms with Crippen molar-refractivity contribution in [2.75, 3.05) is 11.9 Å². The van der Waals surface area contributed by atoms with Gasteiger partial charge in [0.25, 0.3) is 0 Å². The number of nitrogens with zero attached hydrogens (tertiary/aromatic N) is 2. The minimum atomic E-state index is -0.390. The van der Waals surface area contributed by atoms with E-state index in [1.807, 2.05) is 35.7 Å². The number of likely N-dealkylation sites (tertiary alicyclic amines) is 1. The molecule has 1 saturated heterocycles. The molecule has 1 aromatic carbocycles. The summed E-state index contributed by atoms with van der Waals surface area (Å²) in [6, 6.07) is 9.68. The van der Waals surface area contributed by atoms with Crippen molar-refractivity contribution in [3.8, 4) is 11.3 Å². The number of nitrogens with one attached hydrogen (secondary N) is 1. The van der Waals surface area contributed by atoms with Crippen LogP contribution in [0, 0.1) is 11.8 Å². The van der Waals surface area contributed by atoms with Gasteiger partial charge in [-0.05, 0) is 12.8 Å². The Kier molecular flexibility index (Phi) is 4.55. The van der Waals surface area contributed by atoms with Crippen LogP contribution in [0.2, 0.25) is 0 Å². The summed E-state index contributed by atoms with van der Waals surface area (Å²) >= 11 is 1.32. The molecular weight excluding hydrogens is 350 g/mol. The second-order valence-electron chi connectivity index (χ2n) is 6.71. The molecule has 1 aromatic heterocycles. The van der Waals surface area contributed by atoms with Gasteiger partial charge in [-0.25, -0.2) is 4.98 Å². The molecule has 0 spiro atoms. The summed E-state index contributed by atoms with van der Waals surface area (Å²) in [5, 5.41) is 5.03. The van der Waals surface area contributed by atoms with Crippen molar-refractivity contribution < 1.29 is 14.4 Å². The van der Waals surface area contributed by atoms with Gasteiger partial charge in [-0.15, -0.1) is 11.3 Å². The van der Waals surface area contributed by atoms with E-state index in [9.17, 15) is 14.4 Å². The second-order valence-corrected chi connectivity index (χ2v) is 7.57. The fourth-order valence-electron chi connectivity index (χ4n) is 3.76. The van der Waals surface area contributed by atoms with Crippen molar-refractivity contribution in [1.29, 1.82) is 0 Å². The zero-order valence-electron chi connectivity index (χ0n) is 14.2. The largest absolute Gasteiger partial charge is 0.300 e. The zero-order chi connectivity index (χ0) is 18.1. The molecule has 1 aliphatic heterocycles. The molecule has 26 heavy (non-hydrogen) atoms. The van der Waals surface area contributed by atoms with E-state index in [1.165, 1.54) is 11.3 Å². The standard InChI is InChI=1S/C19H19N3O3S/c23-16(10-22-17(24)13-8-4-5-9-14(13)18(22)25)21-19-20-15(11-26-19)12-6-2-1-3-7-12/h1-3,6-7,11,13-14H,4-5,8-10H2,(H,20,21,23). The Hall–Kier alpha value is -2.54. The Labute approximate surface area is 155 Å². The molecular formula is C19H19N3O3S. The summed E-state index contributed by atoms with van der Waals surface area (Å²) in [7, 11) is 0. The van der Waals surface area contributed by atoms with Gasteiger partial charge >= 0.3 is 0 Å². The Bertz CT molecular complexity index is 825. The molecule has 2 heterocycles. The van der Waals surface area contributed by atoms with Crippen LogP contribution in [0.15, 0.2) is 35.7 Å². The Balaban J connectivity index is 1.41. The molecule has 0 radical (unpaired) electrons. The van der Waals surface area contributed by atoms with E-state index >= 15 is 0 Å². The van der Waals surface area contributed by atoms with Crippen LogP contribution in [0.4, 0.5) is 5.13 Å². The van der Waals surface area contributed by atoms with E-state index in [0.29, 0.717) is 5.13 Å². The molecule has 0 bridgehead atoms. The molecule has 2 aliphatic rings. The van der Waals surface area contributed by atoms with E-state index in [2.05, 4.69) is 10.3 Å². The molecule has 1 N–H and O–H groups in total. The van der Waals surface area contributed by atoms with Crippen LogP contribution in [0.25, 0.3) is 11.3 Å². The minimum absolute atomic E-state index is 0.195. The number of hydrogen-bond donors (Lipinski definition) is 1.